The first-order valence-electron chi connectivity index (χ1n) is 19.2. The van der Waals surface area contributed by atoms with Crippen LogP contribution in [0.5, 0.6) is 5.75 Å². The second-order valence-corrected chi connectivity index (χ2v) is 16.1. The zero-order valence-electron chi connectivity index (χ0n) is 31.2. The van der Waals surface area contributed by atoms with Gasteiger partial charge in [-0.15, -0.1) is 0 Å². The highest BCUT2D eigenvalue weighted by molar-refractivity contribution is 5.98. The number of carboxylic acids is 1. The Balaban J connectivity index is 1.05. The van der Waals surface area contributed by atoms with Gasteiger partial charge in [-0.05, 0) is 94.0 Å². The molecule has 278 valence electrons. The summed E-state index contributed by atoms with van der Waals surface area (Å²) >= 11 is 0. The monoisotopic (exact) mass is 709 g/mol. The van der Waals surface area contributed by atoms with Crippen LogP contribution < -0.4 is 15.0 Å². The highest BCUT2D eigenvalue weighted by Crippen LogP contribution is 2.39. The number of carboxylic acid groups (broad SMARTS) is 1. The van der Waals surface area contributed by atoms with Gasteiger partial charge in [0.05, 0.1) is 24.0 Å². The van der Waals surface area contributed by atoms with E-state index in [1.807, 2.05) is 57.4 Å². The van der Waals surface area contributed by atoms with Crippen LogP contribution in [0.2, 0.25) is 0 Å². The van der Waals surface area contributed by atoms with Crippen LogP contribution in [0.1, 0.15) is 95.0 Å². The molecule has 3 heterocycles. The minimum atomic E-state index is -0.923. The van der Waals surface area contributed by atoms with Crippen molar-refractivity contribution in [3.05, 3.63) is 72.1 Å². The number of piperidine rings is 1. The lowest BCUT2D eigenvalue weighted by Crippen LogP contribution is -2.59. The van der Waals surface area contributed by atoms with E-state index in [4.69, 9.17) is 14.7 Å². The van der Waals surface area contributed by atoms with Crippen LogP contribution in [0.15, 0.2) is 60.9 Å². The fourth-order valence-electron chi connectivity index (χ4n) is 8.15. The van der Waals surface area contributed by atoms with Gasteiger partial charge in [-0.1, -0.05) is 56.9 Å². The Morgan fingerprint density at radius 1 is 0.885 bits per heavy atom. The van der Waals surface area contributed by atoms with Gasteiger partial charge in [0.2, 0.25) is 5.91 Å². The van der Waals surface area contributed by atoms with Gasteiger partial charge in [-0.25, -0.2) is 9.97 Å². The SMILES string of the molecule is CCCC1CCC(C2CCN(c3cnc(-c4ccc(C[C@H](NC(=O)c5ccc(OC(C)(C)C)cc5)C(=O)N5CC(C(=O)O)C5)cc4)nc3)CC2)CC1. The summed E-state index contributed by atoms with van der Waals surface area (Å²) in [5, 5.41) is 12.2. The molecule has 6 rings (SSSR count). The topological polar surface area (TPSA) is 125 Å². The Kier molecular flexibility index (Phi) is 11.8. The first-order chi connectivity index (χ1) is 25.0. The number of anilines is 1. The Morgan fingerprint density at radius 2 is 1.50 bits per heavy atom. The lowest BCUT2D eigenvalue weighted by Gasteiger charge is -2.39. The summed E-state index contributed by atoms with van der Waals surface area (Å²) in [6.07, 6.45) is 15.0. The molecule has 1 aliphatic carbocycles. The highest BCUT2D eigenvalue weighted by atomic mass is 16.5. The van der Waals surface area contributed by atoms with Gasteiger partial charge in [0.25, 0.3) is 5.91 Å². The Bertz CT molecular complexity index is 1650. The summed E-state index contributed by atoms with van der Waals surface area (Å²) in [5.74, 6) is 1.77. The standard InChI is InChI=1S/C42H55N5O5/c1-5-6-28-7-11-30(12-8-28)31-19-21-46(22-20-31)35-24-43-38(44-25-35)32-13-9-29(10-14-32)23-37(40(49)47-26-34(27-47)41(50)51)45-39(48)33-15-17-36(18-16-33)52-42(2,3)4/h9-10,13-18,24-25,28,30-31,34,37H,5-8,11-12,19-23,26-27H2,1-4H3,(H,45,48)(H,50,51)/t28?,30?,37-/m0/s1. The van der Waals surface area contributed by atoms with Crippen molar-refractivity contribution < 1.29 is 24.2 Å². The first kappa shape index (κ1) is 37.3. The van der Waals surface area contributed by atoms with Gasteiger partial charge >= 0.3 is 5.97 Å². The zero-order chi connectivity index (χ0) is 36.8. The molecule has 3 aliphatic rings. The molecule has 2 aromatic carbocycles. The molecule has 0 radical (unpaired) electrons. The minimum Gasteiger partial charge on any atom is -0.488 e. The van der Waals surface area contributed by atoms with E-state index in [0.29, 0.717) is 17.1 Å². The summed E-state index contributed by atoms with van der Waals surface area (Å²) in [4.78, 5) is 51.6. The van der Waals surface area contributed by atoms with E-state index < -0.39 is 17.9 Å². The molecular weight excluding hydrogens is 654 g/mol. The molecule has 0 bridgehead atoms. The number of carbonyl (C=O) groups excluding carboxylic acids is 2. The number of likely N-dealkylation sites (tertiary alicyclic amines) is 1. The van der Waals surface area contributed by atoms with Crippen molar-refractivity contribution in [3.63, 3.8) is 0 Å². The number of aromatic nitrogens is 2. The van der Waals surface area contributed by atoms with E-state index in [1.165, 1.54) is 56.3 Å². The third kappa shape index (κ3) is 9.49. The number of hydrogen-bond acceptors (Lipinski definition) is 7. The van der Waals surface area contributed by atoms with Crippen LogP contribution >= 0.6 is 0 Å². The fraction of sp³-hybridized carbons (Fsp3) is 0.548. The van der Waals surface area contributed by atoms with Crippen LogP contribution in [-0.2, 0) is 16.0 Å². The molecule has 52 heavy (non-hydrogen) atoms. The molecular formula is C42H55N5O5. The molecule has 2 aliphatic heterocycles. The van der Waals surface area contributed by atoms with Crippen molar-refractivity contribution in [2.75, 3.05) is 31.1 Å². The average Bonchev–Trinajstić information content (AvgIpc) is 3.11. The predicted molar refractivity (Wildman–Crippen MR) is 202 cm³/mol. The second kappa shape index (κ2) is 16.5. The van der Waals surface area contributed by atoms with Crippen LogP contribution in [0, 0.1) is 23.7 Å². The number of aliphatic carboxylic acids is 1. The normalized spacial score (nSPS) is 20.5. The van der Waals surface area contributed by atoms with Crippen molar-refractivity contribution >= 4 is 23.5 Å². The molecule has 1 atom stereocenters. The number of benzene rings is 2. The molecule has 2 N–H and O–H groups in total. The summed E-state index contributed by atoms with van der Waals surface area (Å²) in [6.45, 7) is 10.5. The molecule has 10 nitrogen and oxygen atoms in total. The molecule has 0 spiro atoms. The van der Waals surface area contributed by atoms with Gasteiger partial charge < -0.3 is 25.0 Å². The number of nitrogens with zero attached hydrogens (tertiary/aromatic N) is 4. The van der Waals surface area contributed by atoms with Gasteiger partial charge in [-0.2, -0.15) is 0 Å². The van der Waals surface area contributed by atoms with E-state index in [1.54, 1.807) is 24.3 Å². The van der Waals surface area contributed by atoms with Crippen molar-refractivity contribution in [3.8, 4) is 17.1 Å². The van der Waals surface area contributed by atoms with Crippen molar-refractivity contribution in [2.45, 2.75) is 97.1 Å². The fourth-order valence-corrected chi connectivity index (χ4v) is 8.15. The van der Waals surface area contributed by atoms with E-state index >= 15 is 0 Å². The quantitative estimate of drug-likeness (QED) is 0.206. The molecule has 1 aromatic heterocycles. The van der Waals surface area contributed by atoms with Gasteiger partial charge in [0, 0.05) is 43.7 Å². The maximum Gasteiger partial charge on any atom is 0.310 e. The van der Waals surface area contributed by atoms with E-state index in [2.05, 4.69) is 17.1 Å². The number of hydrogen-bond donors (Lipinski definition) is 2. The van der Waals surface area contributed by atoms with Gasteiger partial charge in [-0.3, -0.25) is 14.4 Å². The minimum absolute atomic E-state index is 0.129. The predicted octanol–water partition coefficient (Wildman–Crippen LogP) is 7.03. The Hall–Kier alpha value is -4.47. The van der Waals surface area contributed by atoms with E-state index in [0.717, 1.165) is 47.7 Å². The summed E-state index contributed by atoms with van der Waals surface area (Å²) < 4.78 is 5.87. The van der Waals surface area contributed by atoms with Crippen LogP contribution in [0.3, 0.4) is 0 Å². The number of amides is 2. The van der Waals surface area contributed by atoms with Gasteiger partial charge in [0.15, 0.2) is 5.82 Å². The lowest BCUT2D eigenvalue weighted by molar-refractivity contribution is -0.153. The molecule has 3 aromatic rings. The molecule has 3 fully saturated rings. The summed E-state index contributed by atoms with van der Waals surface area (Å²) in [6, 6.07) is 13.7. The molecule has 1 saturated carbocycles. The maximum atomic E-state index is 13.5. The highest BCUT2D eigenvalue weighted by Gasteiger charge is 2.39. The van der Waals surface area contributed by atoms with Crippen LogP contribution in [0.4, 0.5) is 5.69 Å². The number of nitrogens with one attached hydrogen (secondary N) is 1. The smallest absolute Gasteiger partial charge is 0.310 e. The van der Waals surface area contributed by atoms with Gasteiger partial charge in [0.1, 0.15) is 17.4 Å². The first-order valence-corrected chi connectivity index (χ1v) is 19.2. The number of rotatable bonds is 12. The average molecular weight is 710 g/mol. The van der Waals surface area contributed by atoms with E-state index in [-0.39, 0.29) is 36.9 Å². The van der Waals surface area contributed by atoms with Crippen LogP contribution in [-0.4, -0.2) is 75.6 Å². The molecule has 2 amide bonds. The van der Waals surface area contributed by atoms with E-state index in [9.17, 15) is 19.5 Å². The number of carbonyl (C=O) groups is 3. The second-order valence-electron chi connectivity index (χ2n) is 16.1. The largest absolute Gasteiger partial charge is 0.488 e. The Labute approximate surface area is 308 Å². The summed E-state index contributed by atoms with van der Waals surface area (Å²) in [7, 11) is 0. The molecule has 2 saturated heterocycles. The van der Waals surface area contributed by atoms with Crippen molar-refractivity contribution in [1.29, 1.82) is 0 Å². The molecule has 10 heteroatoms. The summed E-state index contributed by atoms with van der Waals surface area (Å²) in [5.41, 5.74) is 2.81. The number of ether oxygens (including phenoxy) is 1. The third-order valence-corrected chi connectivity index (χ3v) is 11.1. The lowest BCUT2D eigenvalue weighted by atomic mass is 9.72. The Morgan fingerprint density at radius 3 is 2.08 bits per heavy atom. The third-order valence-electron chi connectivity index (χ3n) is 11.1. The maximum absolute atomic E-state index is 13.5. The van der Waals surface area contributed by atoms with Crippen molar-refractivity contribution in [2.24, 2.45) is 23.7 Å². The van der Waals surface area contributed by atoms with Crippen molar-refractivity contribution in [1.82, 2.24) is 20.2 Å². The molecule has 0 unspecified atom stereocenters. The zero-order valence-corrected chi connectivity index (χ0v) is 31.2. The van der Waals surface area contributed by atoms with Crippen LogP contribution in [0.25, 0.3) is 11.4 Å².